The lowest BCUT2D eigenvalue weighted by Gasteiger charge is -2.32. The number of fused-ring (bicyclic) bond motifs is 1. The summed E-state index contributed by atoms with van der Waals surface area (Å²) >= 11 is 1.52. The molecular weight excluding hydrogens is 407 g/mol. The van der Waals surface area contributed by atoms with E-state index in [0.717, 1.165) is 11.3 Å². The molecule has 4 rings (SSSR count). The second-order valence-corrected chi connectivity index (χ2v) is 8.13. The molecule has 0 spiro atoms. The summed E-state index contributed by atoms with van der Waals surface area (Å²) < 4.78 is 24.4. The van der Waals surface area contributed by atoms with Gasteiger partial charge in [-0.15, -0.1) is 11.8 Å². The summed E-state index contributed by atoms with van der Waals surface area (Å²) in [5, 5.41) is 3.01. The molecule has 2 heterocycles. The van der Waals surface area contributed by atoms with Crippen molar-refractivity contribution in [3.63, 3.8) is 0 Å². The molecule has 0 bridgehead atoms. The van der Waals surface area contributed by atoms with Gasteiger partial charge < -0.3 is 19.7 Å². The second kappa shape index (κ2) is 8.95. The number of anilines is 1. The zero-order chi connectivity index (χ0) is 21.1. The molecule has 6 nitrogen and oxygen atoms in total. The number of carbonyl (C=O) groups excluding carboxylic acids is 2. The second-order valence-electron chi connectivity index (χ2n) is 7.28. The standard InChI is InChI=1S/C22H23FN2O4S/c1-30-20-12-19-18(28-9-10-29-19)11-17(20)24-21(26)15-3-2-8-25(13-15)22(27)14-4-6-16(23)7-5-14/h4-7,11-12,15H,2-3,8-10,13H2,1H3,(H,24,26). The van der Waals surface area contributed by atoms with Gasteiger partial charge in [-0.3, -0.25) is 9.59 Å². The summed E-state index contributed by atoms with van der Waals surface area (Å²) in [6, 6.07) is 9.16. The van der Waals surface area contributed by atoms with E-state index >= 15 is 0 Å². The van der Waals surface area contributed by atoms with Gasteiger partial charge in [0, 0.05) is 29.6 Å². The highest BCUT2D eigenvalue weighted by Crippen LogP contribution is 2.39. The third-order valence-corrected chi connectivity index (χ3v) is 6.07. The number of carbonyl (C=O) groups is 2. The molecule has 1 saturated heterocycles. The van der Waals surface area contributed by atoms with Gasteiger partial charge in [0.05, 0.1) is 11.6 Å². The van der Waals surface area contributed by atoms with Crippen molar-refractivity contribution in [1.82, 2.24) is 4.90 Å². The molecule has 0 radical (unpaired) electrons. The summed E-state index contributed by atoms with van der Waals surface area (Å²) in [6.45, 7) is 1.90. The number of hydrogen-bond acceptors (Lipinski definition) is 5. The lowest BCUT2D eigenvalue weighted by Crippen LogP contribution is -2.43. The molecule has 2 aromatic carbocycles. The average molecular weight is 431 g/mol. The highest BCUT2D eigenvalue weighted by Gasteiger charge is 2.29. The first-order chi connectivity index (χ1) is 14.5. The Morgan fingerprint density at radius 2 is 1.83 bits per heavy atom. The van der Waals surface area contributed by atoms with Crippen molar-refractivity contribution in [1.29, 1.82) is 0 Å². The van der Waals surface area contributed by atoms with Crippen LogP contribution in [0.5, 0.6) is 11.5 Å². The molecule has 158 valence electrons. The van der Waals surface area contributed by atoms with Gasteiger partial charge in [0.15, 0.2) is 11.5 Å². The Labute approximate surface area is 178 Å². The Kier molecular flexibility index (Phi) is 6.13. The maximum Gasteiger partial charge on any atom is 0.253 e. The fraction of sp³-hybridized carbons (Fsp3) is 0.364. The fourth-order valence-electron chi connectivity index (χ4n) is 3.72. The van der Waals surface area contributed by atoms with Crippen LogP contribution in [0.3, 0.4) is 0 Å². The minimum atomic E-state index is -0.383. The number of ether oxygens (including phenoxy) is 2. The first-order valence-electron chi connectivity index (χ1n) is 9.88. The maximum absolute atomic E-state index is 13.1. The SMILES string of the molecule is CSc1cc2c(cc1NC(=O)C1CCCN(C(=O)c3ccc(F)cc3)C1)OCCO2. The predicted octanol–water partition coefficient (Wildman–Crippen LogP) is 3.81. The normalized spacial score (nSPS) is 18.1. The van der Waals surface area contributed by atoms with E-state index < -0.39 is 0 Å². The number of nitrogens with zero attached hydrogens (tertiary/aromatic N) is 1. The third kappa shape index (κ3) is 4.38. The monoisotopic (exact) mass is 430 g/mol. The largest absolute Gasteiger partial charge is 0.486 e. The zero-order valence-corrected chi connectivity index (χ0v) is 17.5. The van der Waals surface area contributed by atoms with Crippen molar-refractivity contribution >= 4 is 29.3 Å². The van der Waals surface area contributed by atoms with Crippen LogP contribution in [0.4, 0.5) is 10.1 Å². The summed E-state index contributed by atoms with van der Waals surface area (Å²) in [6.07, 6.45) is 3.38. The van der Waals surface area contributed by atoms with Crippen molar-refractivity contribution in [2.75, 3.05) is 37.9 Å². The molecule has 0 aromatic heterocycles. The Morgan fingerprint density at radius 3 is 2.53 bits per heavy atom. The minimum absolute atomic E-state index is 0.126. The van der Waals surface area contributed by atoms with E-state index in [9.17, 15) is 14.0 Å². The van der Waals surface area contributed by atoms with Crippen LogP contribution in [0.1, 0.15) is 23.2 Å². The molecule has 30 heavy (non-hydrogen) atoms. The predicted molar refractivity (Wildman–Crippen MR) is 113 cm³/mol. The van der Waals surface area contributed by atoms with Gasteiger partial charge in [0.1, 0.15) is 19.0 Å². The van der Waals surface area contributed by atoms with Crippen LogP contribution in [-0.2, 0) is 4.79 Å². The van der Waals surface area contributed by atoms with Gasteiger partial charge in [0.2, 0.25) is 5.91 Å². The van der Waals surface area contributed by atoms with E-state index in [0.29, 0.717) is 55.5 Å². The number of halogens is 1. The molecule has 2 amide bonds. The topological polar surface area (TPSA) is 67.9 Å². The van der Waals surface area contributed by atoms with Gasteiger partial charge in [-0.05, 0) is 49.4 Å². The third-order valence-electron chi connectivity index (χ3n) is 5.29. The Balaban J connectivity index is 1.46. The Hall–Kier alpha value is -2.74. The van der Waals surface area contributed by atoms with Gasteiger partial charge in [-0.1, -0.05) is 0 Å². The van der Waals surface area contributed by atoms with E-state index in [1.54, 1.807) is 11.0 Å². The molecule has 0 saturated carbocycles. The molecule has 1 N–H and O–H groups in total. The average Bonchev–Trinajstić information content (AvgIpc) is 2.78. The lowest BCUT2D eigenvalue weighted by molar-refractivity contribution is -0.121. The van der Waals surface area contributed by atoms with Gasteiger partial charge >= 0.3 is 0 Å². The minimum Gasteiger partial charge on any atom is -0.486 e. The summed E-state index contributed by atoms with van der Waals surface area (Å²) in [4.78, 5) is 28.3. The van der Waals surface area contributed by atoms with Crippen LogP contribution in [0, 0.1) is 11.7 Å². The molecule has 8 heteroatoms. The van der Waals surface area contributed by atoms with Crippen LogP contribution in [0.2, 0.25) is 0 Å². The van der Waals surface area contributed by atoms with E-state index in [-0.39, 0.29) is 23.5 Å². The van der Waals surface area contributed by atoms with Crippen molar-refractivity contribution in [3.8, 4) is 11.5 Å². The summed E-state index contributed by atoms with van der Waals surface area (Å²) in [5.41, 5.74) is 1.10. The Morgan fingerprint density at radius 1 is 1.13 bits per heavy atom. The van der Waals surface area contributed by atoms with E-state index in [1.807, 2.05) is 12.3 Å². The first kappa shape index (κ1) is 20.5. The highest BCUT2D eigenvalue weighted by molar-refractivity contribution is 7.98. The summed E-state index contributed by atoms with van der Waals surface area (Å²) in [7, 11) is 0. The molecule has 0 aliphatic carbocycles. The zero-order valence-electron chi connectivity index (χ0n) is 16.7. The van der Waals surface area contributed by atoms with E-state index in [2.05, 4.69) is 5.32 Å². The van der Waals surface area contributed by atoms with Gasteiger partial charge in [-0.25, -0.2) is 4.39 Å². The van der Waals surface area contributed by atoms with Crippen molar-refractivity contribution in [2.45, 2.75) is 17.7 Å². The number of likely N-dealkylation sites (tertiary alicyclic amines) is 1. The summed E-state index contributed by atoms with van der Waals surface area (Å²) in [5.74, 6) is 0.288. The molecule has 2 aliphatic heterocycles. The number of piperidine rings is 1. The van der Waals surface area contributed by atoms with Crippen LogP contribution in [-0.4, -0.2) is 49.3 Å². The molecule has 2 aliphatic rings. The molecule has 2 aromatic rings. The van der Waals surface area contributed by atoms with Crippen LogP contribution in [0.25, 0.3) is 0 Å². The molecule has 1 unspecified atom stereocenters. The maximum atomic E-state index is 13.1. The van der Waals surface area contributed by atoms with Crippen molar-refractivity contribution < 1.29 is 23.5 Å². The van der Waals surface area contributed by atoms with Gasteiger partial charge in [-0.2, -0.15) is 0 Å². The number of hydrogen-bond donors (Lipinski definition) is 1. The van der Waals surface area contributed by atoms with Crippen LogP contribution in [0.15, 0.2) is 41.3 Å². The van der Waals surface area contributed by atoms with Crippen LogP contribution >= 0.6 is 11.8 Å². The highest BCUT2D eigenvalue weighted by atomic mass is 32.2. The lowest BCUT2D eigenvalue weighted by atomic mass is 9.96. The molecule has 1 fully saturated rings. The van der Waals surface area contributed by atoms with E-state index in [4.69, 9.17) is 9.47 Å². The molecular formula is C22H23FN2O4S. The Bertz CT molecular complexity index is 951. The quantitative estimate of drug-likeness (QED) is 0.747. The number of thioether (sulfide) groups is 1. The van der Waals surface area contributed by atoms with Gasteiger partial charge in [0.25, 0.3) is 5.91 Å². The first-order valence-corrected chi connectivity index (χ1v) is 11.1. The van der Waals surface area contributed by atoms with Crippen molar-refractivity contribution in [3.05, 3.63) is 47.8 Å². The molecule has 1 atom stereocenters. The fourth-order valence-corrected chi connectivity index (χ4v) is 4.28. The number of benzene rings is 2. The number of rotatable bonds is 4. The smallest absolute Gasteiger partial charge is 0.253 e. The number of amides is 2. The number of nitrogens with one attached hydrogen (secondary N) is 1. The van der Waals surface area contributed by atoms with Crippen LogP contribution < -0.4 is 14.8 Å². The van der Waals surface area contributed by atoms with E-state index in [1.165, 1.54) is 36.0 Å². The van der Waals surface area contributed by atoms with Crippen molar-refractivity contribution in [2.24, 2.45) is 5.92 Å².